The van der Waals surface area contributed by atoms with Crippen LogP contribution in [0.2, 0.25) is 0 Å². The zero-order chi connectivity index (χ0) is 11.9. The van der Waals surface area contributed by atoms with Crippen LogP contribution >= 0.6 is 7.60 Å². The van der Waals surface area contributed by atoms with Gasteiger partial charge in [0.25, 0.3) is 0 Å². The van der Waals surface area contributed by atoms with E-state index in [1.54, 1.807) is 13.8 Å². The lowest BCUT2D eigenvalue weighted by Gasteiger charge is -2.16. The molecule has 0 aliphatic carbocycles. The molecule has 1 N–H and O–H groups in total. The van der Waals surface area contributed by atoms with Crippen molar-refractivity contribution in [2.24, 2.45) is 0 Å². The third kappa shape index (κ3) is 6.44. The Labute approximate surface area is 89.6 Å². The Morgan fingerprint density at radius 3 is 2.13 bits per heavy atom. The van der Waals surface area contributed by atoms with E-state index in [4.69, 9.17) is 9.05 Å². The molecule has 0 aliphatic rings. The molecule has 6 heteroatoms. The van der Waals surface area contributed by atoms with Crippen LogP contribution in [0.15, 0.2) is 11.8 Å². The fourth-order valence-corrected chi connectivity index (χ4v) is 2.53. The monoisotopic (exact) mass is 236 g/mol. The fraction of sp³-hybridized carbons (Fsp3) is 0.667. The molecule has 0 atom stereocenters. The molecule has 0 unspecified atom stereocenters. The molecule has 0 bridgehead atoms. The second-order valence-corrected chi connectivity index (χ2v) is 4.91. The summed E-state index contributed by atoms with van der Waals surface area (Å²) in [6, 6.07) is 0. The number of carbonyl (C=O) groups excluding carboxylic acids is 1. The Hall–Kier alpha value is -0.640. The van der Waals surface area contributed by atoms with Gasteiger partial charge < -0.3 is 14.2 Å². The van der Waals surface area contributed by atoms with Crippen LogP contribution in [0.3, 0.4) is 0 Å². The molecule has 0 saturated carbocycles. The van der Waals surface area contributed by atoms with Crippen LogP contribution < -0.4 is 0 Å². The number of aliphatic hydroxyl groups is 1. The highest BCUT2D eigenvalue weighted by atomic mass is 31.2. The molecule has 0 heterocycles. The van der Waals surface area contributed by atoms with E-state index in [1.165, 1.54) is 6.92 Å². The van der Waals surface area contributed by atoms with Gasteiger partial charge in [-0.1, -0.05) is 0 Å². The van der Waals surface area contributed by atoms with E-state index in [2.05, 4.69) is 0 Å². The first-order valence-electron chi connectivity index (χ1n) is 4.71. The lowest BCUT2D eigenvalue weighted by atomic mass is 10.4. The van der Waals surface area contributed by atoms with E-state index in [0.29, 0.717) is 0 Å². The van der Waals surface area contributed by atoms with E-state index < -0.39 is 7.60 Å². The van der Waals surface area contributed by atoms with Crippen molar-refractivity contribution < 1.29 is 23.5 Å². The van der Waals surface area contributed by atoms with E-state index in [1.807, 2.05) is 0 Å². The largest absolute Gasteiger partial charge is 0.512 e. The number of ketones is 1. The van der Waals surface area contributed by atoms with Crippen molar-refractivity contribution >= 4 is 13.4 Å². The van der Waals surface area contributed by atoms with Gasteiger partial charge in [-0.15, -0.1) is 0 Å². The lowest BCUT2D eigenvalue weighted by Crippen LogP contribution is -2.03. The molecule has 0 aromatic rings. The Morgan fingerprint density at radius 1 is 1.33 bits per heavy atom. The van der Waals surface area contributed by atoms with Gasteiger partial charge in [-0.2, -0.15) is 0 Å². The van der Waals surface area contributed by atoms with E-state index in [9.17, 15) is 14.5 Å². The van der Waals surface area contributed by atoms with Gasteiger partial charge in [0, 0.05) is 6.08 Å². The molecule has 0 saturated heterocycles. The van der Waals surface area contributed by atoms with Gasteiger partial charge in [0.05, 0.1) is 13.2 Å². The summed E-state index contributed by atoms with van der Waals surface area (Å²) in [4.78, 5) is 10.6. The van der Waals surface area contributed by atoms with Crippen molar-refractivity contribution in [3.05, 3.63) is 11.8 Å². The maximum absolute atomic E-state index is 11.8. The van der Waals surface area contributed by atoms with Crippen molar-refractivity contribution in [1.29, 1.82) is 0 Å². The highest BCUT2D eigenvalue weighted by Gasteiger charge is 2.25. The van der Waals surface area contributed by atoms with E-state index >= 15 is 0 Å². The van der Waals surface area contributed by atoms with Crippen LogP contribution in [0.5, 0.6) is 0 Å². The summed E-state index contributed by atoms with van der Waals surface area (Å²) in [5.74, 6) is -0.597. The average Bonchev–Trinajstić information content (AvgIpc) is 2.01. The van der Waals surface area contributed by atoms with E-state index in [-0.39, 0.29) is 30.9 Å². The first-order valence-corrected chi connectivity index (χ1v) is 6.44. The molecule has 0 fully saturated rings. The number of aliphatic hydroxyl groups excluding tert-OH is 1. The molecular weight excluding hydrogens is 219 g/mol. The molecule has 0 radical (unpaired) electrons. The molecule has 5 nitrogen and oxygen atoms in total. The minimum atomic E-state index is -3.30. The van der Waals surface area contributed by atoms with Crippen molar-refractivity contribution in [2.75, 3.05) is 19.4 Å². The first kappa shape index (κ1) is 14.4. The number of hydrogen-bond donors (Lipinski definition) is 1. The minimum absolute atomic E-state index is 0.227. The Balaban J connectivity index is 4.54. The summed E-state index contributed by atoms with van der Waals surface area (Å²) >= 11 is 0. The minimum Gasteiger partial charge on any atom is -0.512 e. The fourth-order valence-electron chi connectivity index (χ4n) is 1.00. The van der Waals surface area contributed by atoms with Crippen molar-refractivity contribution in [1.82, 2.24) is 0 Å². The highest BCUT2D eigenvalue weighted by Crippen LogP contribution is 2.49. The maximum Gasteiger partial charge on any atom is 0.338 e. The third-order valence-electron chi connectivity index (χ3n) is 1.38. The van der Waals surface area contributed by atoms with Gasteiger partial charge in [0.1, 0.15) is 11.9 Å². The highest BCUT2D eigenvalue weighted by molar-refractivity contribution is 7.54. The molecule has 15 heavy (non-hydrogen) atoms. The number of rotatable bonds is 7. The van der Waals surface area contributed by atoms with Crippen LogP contribution in [0.4, 0.5) is 0 Å². The molecule has 0 amide bonds. The normalized spacial score (nSPS) is 12.9. The molecule has 88 valence electrons. The lowest BCUT2D eigenvalue weighted by molar-refractivity contribution is -0.112. The molecule has 0 aromatic carbocycles. The number of allylic oxidation sites excluding steroid dienone is 2. The van der Waals surface area contributed by atoms with Crippen molar-refractivity contribution in [3.63, 3.8) is 0 Å². The van der Waals surface area contributed by atoms with Gasteiger partial charge in [-0.25, -0.2) is 0 Å². The molecular formula is C9H17O5P. The first-order chi connectivity index (χ1) is 6.93. The van der Waals surface area contributed by atoms with Gasteiger partial charge in [0.15, 0.2) is 5.78 Å². The topological polar surface area (TPSA) is 72.8 Å². The molecule has 0 spiro atoms. The Bertz CT molecular complexity index is 274. The summed E-state index contributed by atoms with van der Waals surface area (Å²) in [6.07, 6.45) is 0.735. The van der Waals surface area contributed by atoms with Crippen molar-refractivity contribution in [3.8, 4) is 0 Å². The number of hydrogen-bond acceptors (Lipinski definition) is 5. The summed E-state index contributed by atoms with van der Waals surface area (Å²) in [5.41, 5.74) is 0. The van der Waals surface area contributed by atoms with Crippen LogP contribution in [0.1, 0.15) is 20.8 Å². The Morgan fingerprint density at radius 2 is 1.80 bits per heavy atom. The maximum atomic E-state index is 11.8. The van der Waals surface area contributed by atoms with Gasteiger partial charge in [-0.3, -0.25) is 9.36 Å². The van der Waals surface area contributed by atoms with Crippen LogP contribution in [0.25, 0.3) is 0 Å². The van der Waals surface area contributed by atoms with Crippen LogP contribution in [-0.4, -0.2) is 30.3 Å². The third-order valence-corrected chi connectivity index (χ3v) is 3.39. The zero-order valence-electron chi connectivity index (χ0n) is 9.23. The average molecular weight is 236 g/mol. The van der Waals surface area contributed by atoms with Gasteiger partial charge in [-0.05, 0) is 20.8 Å². The van der Waals surface area contributed by atoms with Gasteiger partial charge in [0.2, 0.25) is 0 Å². The zero-order valence-corrected chi connectivity index (χ0v) is 10.1. The smallest absolute Gasteiger partial charge is 0.338 e. The summed E-state index contributed by atoms with van der Waals surface area (Å²) in [7, 11) is -3.30. The van der Waals surface area contributed by atoms with Crippen LogP contribution in [0, 0.1) is 0 Å². The SMILES string of the molecule is CCOP(=O)(C/C(O)=C/C(C)=O)OCC. The molecule has 0 aromatic heterocycles. The summed E-state index contributed by atoms with van der Waals surface area (Å²) in [6.45, 7) is 5.10. The van der Waals surface area contributed by atoms with Crippen molar-refractivity contribution in [2.45, 2.75) is 20.8 Å². The van der Waals surface area contributed by atoms with Gasteiger partial charge >= 0.3 is 7.60 Å². The second kappa shape index (κ2) is 6.77. The molecule has 0 rings (SSSR count). The number of carbonyl (C=O) groups is 1. The molecule has 0 aliphatic heterocycles. The second-order valence-electron chi connectivity index (χ2n) is 2.85. The predicted molar refractivity (Wildman–Crippen MR) is 57.1 cm³/mol. The van der Waals surface area contributed by atoms with E-state index in [0.717, 1.165) is 6.08 Å². The standard InChI is InChI=1S/C9H17O5P/c1-4-13-15(12,14-5-2)7-9(11)6-8(3)10/h6,11H,4-5,7H2,1-3H3/b9-6-. The predicted octanol–water partition coefficient (Wildman–Crippen LogP) is 2.28. The Kier molecular flexibility index (Phi) is 6.48. The summed E-state index contributed by atoms with van der Waals surface area (Å²) < 4.78 is 21.7. The van der Waals surface area contributed by atoms with Crippen LogP contribution in [-0.2, 0) is 18.4 Å². The summed E-state index contributed by atoms with van der Waals surface area (Å²) in [5, 5.41) is 9.32. The quantitative estimate of drug-likeness (QED) is 0.417.